The maximum absolute atomic E-state index is 8.95. The number of rotatable bonds is 3. The van der Waals surface area contributed by atoms with Gasteiger partial charge in [0, 0.05) is 13.6 Å². The first-order valence-corrected chi connectivity index (χ1v) is 6.11. The van der Waals surface area contributed by atoms with Crippen molar-refractivity contribution in [2.45, 2.75) is 0 Å². The van der Waals surface area contributed by atoms with Crippen molar-refractivity contribution in [1.82, 2.24) is 0 Å². The summed E-state index contributed by atoms with van der Waals surface area (Å²) in [6.07, 6.45) is 2.05. The van der Waals surface area contributed by atoms with Gasteiger partial charge >= 0.3 is 0 Å². The Balaban J connectivity index is 2.52. The summed E-state index contributed by atoms with van der Waals surface area (Å²) in [5.74, 6) is 0.308. The molecule has 60 valence electrons. The molecule has 11 heavy (non-hydrogen) atoms. The van der Waals surface area contributed by atoms with Crippen LogP contribution in [0.4, 0.5) is 5.69 Å². The summed E-state index contributed by atoms with van der Waals surface area (Å²) in [5, 5.41) is 12.2. The van der Waals surface area contributed by atoms with Gasteiger partial charge in [-0.05, 0) is 30.5 Å². The molecule has 2 N–H and O–H groups in total. The van der Waals surface area contributed by atoms with Crippen molar-refractivity contribution in [3.63, 3.8) is 0 Å². The molecule has 0 heterocycles. The molecule has 1 aromatic carbocycles. The Morgan fingerprint density at radius 2 is 2.00 bits per heavy atom. The van der Waals surface area contributed by atoms with Gasteiger partial charge in [0.25, 0.3) is 0 Å². The molecule has 0 saturated carbocycles. The standard InChI is InChI=1S/C7H10NOPS/c1-11-10-8-6-2-4-7(9)5-3-6/h2-5,8-10H,1H3. The van der Waals surface area contributed by atoms with E-state index in [0.717, 1.165) is 5.69 Å². The first-order chi connectivity index (χ1) is 5.33. The summed E-state index contributed by atoms with van der Waals surface area (Å²) < 4.78 is 0. The fraction of sp³-hybridized carbons (Fsp3) is 0.143. The van der Waals surface area contributed by atoms with E-state index >= 15 is 0 Å². The van der Waals surface area contributed by atoms with Crippen LogP contribution in [0.3, 0.4) is 0 Å². The monoisotopic (exact) mass is 187 g/mol. The van der Waals surface area contributed by atoms with E-state index in [4.69, 9.17) is 5.11 Å². The lowest BCUT2D eigenvalue weighted by Gasteiger charge is -2.02. The van der Waals surface area contributed by atoms with Gasteiger partial charge in [-0.2, -0.15) is 0 Å². The van der Waals surface area contributed by atoms with Crippen LogP contribution in [-0.4, -0.2) is 11.4 Å². The Morgan fingerprint density at radius 3 is 2.55 bits per heavy atom. The van der Waals surface area contributed by atoms with Crippen molar-refractivity contribution >= 4 is 25.0 Å². The van der Waals surface area contributed by atoms with Crippen molar-refractivity contribution in [3.05, 3.63) is 24.3 Å². The molecular weight excluding hydrogens is 177 g/mol. The number of hydrogen-bond acceptors (Lipinski definition) is 3. The van der Waals surface area contributed by atoms with E-state index in [9.17, 15) is 0 Å². The third-order valence-electron chi connectivity index (χ3n) is 1.16. The van der Waals surface area contributed by atoms with Gasteiger partial charge in [0.15, 0.2) is 0 Å². The molecule has 1 atom stereocenters. The Bertz CT molecular complexity index is 214. The van der Waals surface area contributed by atoms with E-state index in [2.05, 4.69) is 5.09 Å². The highest BCUT2D eigenvalue weighted by atomic mass is 32.7. The lowest BCUT2D eigenvalue weighted by atomic mass is 10.3. The van der Waals surface area contributed by atoms with Gasteiger partial charge in [-0.25, -0.2) is 0 Å². The predicted molar refractivity (Wildman–Crippen MR) is 53.6 cm³/mol. The fourth-order valence-electron chi connectivity index (χ4n) is 0.655. The second kappa shape index (κ2) is 4.47. The van der Waals surface area contributed by atoms with E-state index in [-0.39, 0.29) is 0 Å². The van der Waals surface area contributed by atoms with Crippen molar-refractivity contribution in [1.29, 1.82) is 0 Å². The van der Waals surface area contributed by atoms with E-state index in [0.29, 0.717) is 13.7 Å². The lowest BCUT2D eigenvalue weighted by Crippen LogP contribution is -1.78. The molecule has 0 bridgehead atoms. The summed E-state index contributed by atoms with van der Waals surface area (Å²) in [4.78, 5) is 0. The maximum Gasteiger partial charge on any atom is 0.115 e. The Hall–Kier alpha value is -0.400. The highest BCUT2D eigenvalue weighted by molar-refractivity contribution is 8.49. The molecular formula is C7H10NOPS. The normalized spacial score (nSPS) is 10.6. The molecule has 0 aliphatic rings. The largest absolute Gasteiger partial charge is 0.508 e. The quantitative estimate of drug-likeness (QED) is 0.563. The van der Waals surface area contributed by atoms with Gasteiger partial charge in [-0.3, -0.25) is 0 Å². The zero-order valence-corrected chi connectivity index (χ0v) is 7.98. The van der Waals surface area contributed by atoms with E-state index < -0.39 is 0 Å². The zero-order valence-electron chi connectivity index (χ0n) is 6.16. The van der Waals surface area contributed by atoms with Crippen LogP contribution in [0.15, 0.2) is 24.3 Å². The van der Waals surface area contributed by atoms with Crippen LogP contribution < -0.4 is 5.09 Å². The average molecular weight is 187 g/mol. The lowest BCUT2D eigenvalue weighted by molar-refractivity contribution is 0.475. The van der Waals surface area contributed by atoms with Crippen molar-refractivity contribution in [2.24, 2.45) is 0 Å². The van der Waals surface area contributed by atoms with Gasteiger partial charge < -0.3 is 10.2 Å². The highest BCUT2D eigenvalue weighted by Crippen LogP contribution is 2.27. The third-order valence-corrected chi connectivity index (χ3v) is 2.68. The molecule has 0 amide bonds. The number of anilines is 1. The molecule has 0 aromatic heterocycles. The first kappa shape index (κ1) is 8.69. The molecule has 0 fully saturated rings. The zero-order chi connectivity index (χ0) is 8.10. The number of phenolic OH excluding ortho intramolecular Hbond substituents is 1. The van der Waals surface area contributed by atoms with Crippen molar-refractivity contribution in [2.75, 3.05) is 11.3 Å². The van der Waals surface area contributed by atoms with Gasteiger partial charge in [-0.1, -0.05) is 0 Å². The summed E-state index contributed by atoms with van der Waals surface area (Å²) >= 11 is 1.75. The van der Waals surface area contributed by atoms with Crippen LogP contribution >= 0.6 is 19.3 Å². The van der Waals surface area contributed by atoms with Crippen molar-refractivity contribution in [3.8, 4) is 5.75 Å². The maximum atomic E-state index is 8.95. The molecule has 0 aliphatic carbocycles. The minimum Gasteiger partial charge on any atom is -0.508 e. The Labute approximate surface area is 72.0 Å². The molecule has 2 nitrogen and oxygen atoms in total. The number of phenols is 1. The molecule has 0 radical (unpaired) electrons. The molecule has 4 heteroatoms. The molecule has 0 saturated heterocycles. The topological polar surface area (TPSA) is 32.3 Å². The molecule has 0 aliphatic heterocycles. The second-order valence-corrected chi connectivity index (χ2v) is 4.68. The molecule has 0 spiro atoms. The minimum atomic E-state index is 0.308. The summed E-state index contributed by atoms with van der Waals surface area (Å²) in [5.41, 5.74) is 1.05. The van der Waals surface area contributed by atoms with Gasteiger partial charge in [-0.15, -0.1) is 11.4 Å². The Kier molecular flexibility index (Phi) is 3.53. The van der Waals surface area contributed by atoms with Crippen LogP contribution in [0.1, 0.15) is 0 Å². The SMILES string of the molecule is CSPNc1ccc(O)cc1. The summed E-state index contributed by atoms with van der Waals surface area (Å²) in [6.45, 7) is 0. The summed E-state index contributed by atoms with van der Waals surface area (Å²) in [7, 11) is 0.674. The van der Waals surface area contributed by atoms with Crippen LogP contribution in [0.25, 0.3) is 0 Å². The Morgan fingerprint density at radius 1 is 1.36 bits per heavy atom. The minimum absolute atomic E-state index is 0.308. The molecule has 1 unspecified atom stereocenters. The predicted octanol–water partition coefficient (Wildman–Crippen LogP) is 2.68. The number of benzene rings is 1. The van der Waals surface area contributed by atoms with Crippen LogP contribution in [0.5, 0.6) is 5.75 Å². The summed E-state index contributed by atoms with van der Waals surface area (Å²) in [6, 6.07) is 7.07. The number of nitrogens with one attached hydrogen (secondary N) is 1. The van der Waals surface area contributed by atoms with Crippen LogP contribution in [0.2, 0.25) is 0 Å². The van der Waals surface area contributed by atoms with Gasteiger partial charge in [0.2, 0.25) is 0 Å². The smallest absolute Gasteiger partial charge is 0.115 e. The first-order valence-electron chi connectivity index (χ1n) is 3.16. The fourth-order valence-corrected chi connectivity index (χ4v) is 1.70. The number of aromatic hydroxyl groups is 1. The second-order valence-electron chi connectivity index (χ2n) is 1.98. The van der Waals surface area contributed by atoms with Crippen molar-refractivity contribution < 1.29 is 5.11 Å². The van der Waals surface area contributed by atoms with Gasteiger partial charge in [0.1, 0.15) is 5.75 Å². The molecule has 1 aromatic rings. The van der Waals surface area contributed by atoms with Crippen LogP contribution in [0, 0.1) is 0 Å². The van der Waals surface area contributed by atoms with Gasteiger partial charge in [0.05, 0.1) is 0 Å². The van der Waals surface area contributed by atoms with E-state index in [1.807, 2.05) is 18.4 Å². The number of hydrogen-bond donors (Lipinski definition) is 2. The van der Waals surface area contributed by atoms with E-state index in [1.165, 1.54) is 0 Å². The van der Waals surface area contributed by atoms with E-state index in [1.54, 1.807) is 23.5 Å². The molecule has 1 rings (SSSR count). The highest BCUT2D eigenvalue weighted by Gasteiger charge is 1.89. The third kappa shape index (κ3) is 3.00. The van der Waals surface area contributed by atoms with Crippen LogP contribution in [-0.2, 0) is 0 Å². The average Bonchev–Trinajstić information content (AvgIpc) is 2.04.